The zero-order chi connectivity index (χ0) is 18.3. The Morgan fingerprint density at radius 3 is 2.80 bits per heavy atom. The second-order valence-corrected chi connectivity index (χ2v) is 5.68. The van der Waals surface area contributed by atoms with Crippen molar-refractivity contribution in [2.75, 3.05) is 20.3 Å². The summed E-state index contributed by atoms with van der Waals surface area (Å²) < 4.78 is 11.3. The maximum Gasteiger partial charge on any atom is 0.275 e. The number of benzene rings is 1. The van der Waals surface area contributed by atoms with Crippen LogP contribution in [-0.2, 0) is 14.4 Å². The molecule has 1 aliphatic heterocycles. The fraction of sp³-hybridized carbons (Fsp3) is 0.444. The number of amides is 1. The van der Waals surface area contributed by atoms with Gasteiger partial charge >= 0.3 is 0 Å². The van der Waals surface area contributed by atoms with Crippen LogP contribution in [0.15, 0.2) is 41.9 Å². The summed E-state index contributed by atoms with van der Waals surface area (Å²) in [5, 5.41) is 8.77. The Morgan fingerprint density at radius 2 is 2.20 bits per heavy atom. The molecule has 0 saturated heterocycles. The van der Waals surface area contributed by atoms with Gasteiger partial charge in [-0.25, -0.2) is 10.5 Å². The summed E-state index contributed by atoms with van der Waals surface area (Å²) in [5.41, 5.74) is 1.98. The minimum atomic E-state index is -1.11. The highest BCUT2D eigenvalue weighted by molar-refractivity contribution is 6.00. The molecule has 1 aromatic rings. The first kappa shape index (κ1) is 19.0. The van der Waals surface area contributed by atoms with Gasteiger partial charge in [0, 0.05) is 25.0 Å². The van der Waals surface area contributed by atoms with Crippen molar-refractivity contribution in [2.24, 2.45) is 4.99 Å². The molecule has 7 nitrogen and oxygen atoms in total. The number of rotatable bonds is 9. The van der Waals surface area contributed by atoms with Gasteiger partial charge in [-0.15, -0.1) is 6.58 Å². The molecule has 0 unspecified atom stereocenters. The first-order chi connectivity index (χ1) is 12.1. The third-order valence-corrected chi connectivity index (χ3v) is 3.98. The molecule has 1 aliphatic rings. The number of aliphatic imine (C=N–C) groups is 1. The average Bonchev–Trinajstić information content (AvgIpc) is 2.94. The summed E-state index contributed by atoms with van der Waals surface area (Å²) in [6, 6.07) is 7.23. The molecule has 0 aromatic heterocycles. The van der Waals surface area contributed by atoms with Crippen LogP contribution in [0.1, 0.15) is 25.3 Å². The van der Waals surface area contributed by atoms with Gasteiger partial charge in [0.15, 0.2) is 5.54 Å². The zero-order valence-corrected chi connectivity index (χ0v) is 14.5. The Bertz CT molecular complexity index is 629. The molecule has 0 bridgehead atoms. The summed E-state index contributed by atoms with van der Waals surface area (Å²) in [5.74, 6) is 0.710. The molecule has 25 heavy (non-hydrogen) atoms. The summed E-state index contributed by atoms with van der Waals surface area (Å²) >= 11 is 0. The van der Waals surface area contributed by atoms with E-state index in [0.717, 1.165) is 5.56 Å². The van der Waals surface area contributed by atoms with Crippen LogP contribution in [0.2, 0.25) is 0 Å². The van der Waals surface area contributed by atoms with E-state index in [-0.39, 0.29) is 12.5 Å². The lowest BCUT2D eigenvalue weighted by molar-refractivity contribution is -0.139. The first-order valence-corrected chi connectivity index (χ1v) is 8.12. The van der Waals surface area contributed by atoms with Gasteiger partial charge in [-0.05, 0) is 31.2 Å². The third kappa shape index (κ3) is 4.18. The van der Waals surface area contributed by atoms with Crippen molar-refractivity contribution in [3.05, 3.63) is 42.5 Å². The van der Waals surface area contributed by atoms with Crippen molar-refractivity contribution < 1.29 is 24.2 Å². The van der Waals surface area contributed by atoms with Crippen molar-refractivity contribution in [1.29, 1.82) is 0 Å². The molecule has 136 valence electrons. The van der Waals surface area contributed by atoms with Gasteiger partial charge < -0.3 is 14.6 Å². The van der Waals surface area contributed by atoms with Crippen LogP contribution in [-0.4, -0.2) is 48.9 Å². The van der Waals surface area contributed by atoms with Crippen LogP contribution in [0.25, 0.3) is 0 Å². The lowest BCUT2D eigenvalue weighted by atomic mass is 9.90. The fourth-order valence-electron chi connectivity index (χ4n) is 2.59. The average molecular weight is 348 g/mol. The van der Waals surface area contributed by atoms with E-state index in [2.05, 4.69) is 17.1 Å². The van der Waals surface area contributed by atoms with Crippen LogP contribution in [0, 0.1) is 0 Å². The third-order valence-electron chi connectivity index (χ3n) is 3.98. The summed E-state index contributed by atoms with van der Waals surface area (Å²) in [6.07, 6.45) is 2.08. The number of carbonyl (C=O) groups is 1. The summed E-state index contributed by atoms with van der Waals surface area (Å²) in [7, 11) is 1.38. The smallest absolute Gasteiger partial charge is 0.275 e. The van der Waals surface area contributed by atoms with Crippen molar-refractivity contribution in [2.45, 2.75) is 31.4 Å². The second-order valence-electron chi connectivity index (χ2n) is 5.68. The van der Waals surface area contributed by atoms with E-state index in [1.807, 2.05) is 12.1 Å². The highest BCUT2D eigenvalue weighted by Gasteiger charge is 2.49. The standard InChI is InChI=1S/C18H24N2O5/c1-4-10-18(17(22)20-23-3)13(2)25-16(19-18)14-6-8-15(9-7-14)24-12-5-11-21/h4,6-9,13,21H,1,5,10-12H2,2-3H3,(H,20,22)/t13-,18-/m0/s1. The van der Waals surface area contributed by atoms with E-state index < -0.39 is 11.6 Å². The molecular formula is C18H24N2O5. The normalized spacial score (nSPS) is 22.0. The lowest BCUT2D eigenvalue weighted by Crippen LogP contribution is -2.50. The fourth-order valence-corrected chi connectivity index (χ4v) is 2.59. The maximum absolute atomic E-state index is 12.4. The topological polar surface area (TPSA) is 89.4 Å². The van der Waals surface area contributed by atoms with Crippen molar-refractivity contribution in [3.8, 4) is 5.75 Å². The van der Waals surface area contributed by atoms with Crippen LogP contribution in [0.3, 0.4) is 0 Å². The predicted octanol–water partition coefficient (Wildman–Crippen LogP) is 1.61. The van der Waals surface area contributed by atoms with Crippen molar-refractivity contribution in [3.63, 3.8) is 0 Å². The van der Waals surface area contributed by atoms with E-state index in [1.165, 1.54) is 7.11 Å². The molecule has 0 spiro atoms. The van der Waals surface area contributed by atoms with Crippen LogP contribution >= 0.6 is 0 Å². The minimum absolute atomic E-state index is 0.0928. The molecule has 1 amide bonds. The number of carbonyl (C=O) groups excluding carboxylic acids is 1. The number of aliphatic hydroxyl groups is 1. The first-order valence-electron chi connectivity index (χ1n) is 8.12. The molecule has 2 rings (SSSR count). The number of hydrogen-bond acceptors (Lipinski definition) is 6. The lowest BCUT2D eigenvalue weighted by Gasteiger charge is -2.25. The van der Waals surface area contributed by atoms with Gasteiger partial charge in [-0.1, -0.05) is 6.08 Å². The molecule has 7 heteroatoms. The van der Waals surface area contributed by atoms with Crippen molar-refractivity contribution >= 4 is 11.8 Å². The van der Waals surface area contributed by atoms with E-state index in [9.17, 15) is 4.79 Å². The second kappa shape index (κ2) is 8.64. The molecule has 2 atom stereocenters. The number of nitrogens with zero attached hydrogens (tertiary/aromatic N) is 1. The number of nitrogens with one attached hydrogen (secondary N) is 1. The van der Waals surface area contributed by atoms with E-state index >= 15 is 0 Å². The Balaban J connectivity index is 2.21. The Kier molecular flexibility index (Phi) is 6.55. The maximum atomic E-state index is 12.4. The van der Waals surface area contributed by atoms with Gasteiger partial charge in [0.2, 0.25) is 5.90 Å². The van der Waals surface area contributed by atoms with Gasteiger partial charge in [0.1, 0.15) is 11.9 Å². The summed E-state index contributed by atoms with van der Waals surface area (Å²) in [6.45, 7) is 6.05. The Morgan fingerprint density at radius 1 is 1.48 bits per heavy atom. The van der Waals surface area contributed by atoms with Gasteiger partial charge in [-0.3, -0.25) is 9.63 Å². The van der Waals surface area contributed by atoms with Crippen LogP contribution in [0.4, 0.5) is 0 Å². The summed E-state index contributed by atoms with van der Waals surface area (Å²) in [4.78, 5) is 21.7. The zero-order valence-electron chi connectivity index (χ0n) is 14.5. The SMILES string of the molecule is C=CC[C@]1(C(=O)NOC)N=C(c2ccc(OCCCO)cc2)O[C@H]1C. The Hall–Kier alpha value is -2.38. The molecule has 0 radical (unpaired) electrons. The van der Waals surface area contributed by atoms with Gasteiger partial charge in [-0.2, -0.15) is 0 Å². The molecule has 0 aliphatic carbocycles. The highest BCUT2D eigenvalue weighted by atomic mass is 16.6. The van der Waals surface area contributed by atoms with E-state index in [0.29, 0.717) is 31.1 Å². The van der Waals surface area contributed by atoms with Crippen LogP contribution in [0.5, 0.6) is 5.75 Å². The monoisotopic (exact) mass is 348 g/mol. The Labute approximate surface area is 147 Å². The van der Waals surface area contributed by atoms with Gasteiger partial charge in [0.05, 0.1) is 13.7 Å². The van der Waals surface area contributed by atoms with Crippen LogP contribution < -0.4 is 10.2 Å². The minimum Gasteiger partial charge on any atom is -0.494 e. The molecule has 1 aromatic carbocycles. The van der Waals surface area contributed by atoms with Gasteiger partial charge in [0.25, 0.3) is 5.91 Å². The predicted molar refractivity (Wildman–Crippen MR) is 93.4 cm³/mol. The number of ether oxygens (including phenoxy) is 2. The molecule has 2 N–H and O–H groups in total. The number of hydroxylamine groups is 1. The van der Waals surface area contributed by atoms with E-state index in [1.54, 1.807) is 25.1 Å². The molecule has 0 saturated carbocycles. The highest BCUT2D eigenvalue weighted by Crippen LogP contribution is 2.32. The number of aliphatic hydroxyl groups excluding tert-OH is 1. The molecule has 1 heterocycles. The largest absolute Gasteiger partial charge is 0.494 e. The van der Waals surface area contributed by atoms with E-state index in [4.69, 9.17) is 19.4 Å². The molecule has 0 fully saturated rings. The van der Waals surface area contributed by atoms with Crippen molar-refractivity contribution in [1.82, 2.24) is 5.48 Å². The quantitative estimate of drug-likeness (QED) is 0.402. The number of hydrogen-bond donors (Lipinski definition) is 2. The molecular weight excluding hydrogens is 324 g/mol.